The fourth-order valence-electron chi connectivity index (χ4n) is 1.67. The van der Waals surface area contributed by atoms with Crippen LogP contribution in [0.3, 0.4) is 0 Å². The zero-order chi connectivity index (χ0) is 13.2. The summed E-state index contributed by atoms with van der Waals surface area (Å²) in [6.45, 7) is 1.50. The lowest BCUT2D eigenvalue weighted by molar-refractivity contribution is 0.202. The molecule has 0 saturated heterocycles. The highest BCUT2D eigenvalue weighted by atomic mass is 16.5. The Bertz CT molecular complexity index is 380. The van der Waals surface area contributed by atoms with E-state index in [1.165, 1.54) is 5.56 Å². The molecule has 0 aromatic heterocycles. The van der Waals surface area contributed by atoms with Crippen molar-refractivity contribution in [3.05, 3.63) is 29.8 Å². The van der Waals surface area contributed by atoms with Crippen molar-refractivity contribution in [3.8, 4) is 0 Å². The fraction of sp³-hybridized carbons (Fsp3) is 0.462. The van der Waals surface area contributed by atoms with Crippen LogP contribution in [0.15, 0.2) is 29.4 Å². The largest absolute Gasteiger partial charge is 0.409 e. The highest BCUT2D eigenvalue weighted by molar-refractivity contribution is 5.79. The maximum Gasteiger partial charge on any atom is 0.139 e. The molecule has 0 spiro atoms. The molecule has 0 saturated carbocycles. The van der Waals surface area contributed by atoms with Crippen LogP contribution < -0.4 is 11.1 Å². The lowest BCUT2D eigenvalue weighted by Crippen LogP contribution is -2.14. The minimum atomic E-state index is 0.268. The van der Waals surface area contributed by atoms with Gasteiger partial charge in [-0.1, -0.05) is 23.4 Å². The molecule has 0 fully saturated rings. The fourth-order valence-corrected chi connectivity index (χ4v) is 1.67. The molecule has 4 N–H and O–H groups in total. The van der Waals surface area contributed by atoms with Gasteiger partial charge in [-0.05, 0) is 24.5 Å². The molecule has 1 aromatic rings. The summed E-state index contributed by atoms with van der Waals surface area (Å²) >= 11 is 0. The lowest BCUT2D eigenvalue weighted by Gasteiger charge is -2.11. The van der Waals surface area contributed by atoms with Crippen molar-refractivity contribution in [2.24, 2.45) is 10.9 Å². The smallest absolute Gasteiger partial charge is 0.139 e. The first-order valence-corrected chi connectivity index (χ1v) is 6.05. The van der Waals surface area contributed by atoms with E-state index in [-0.39, 0.29) is 5.84 Å². The van der Waals surface area contributed by atoms with Gasteiger partial charge in [-0.15, -0.1) is 0 Å². The Labute approximate surface area is 108 Å². The highest BCUT2D eigenvalue weighted by Gasteiger charge is 2.01. The molecule has 0 aliphatic heterocycles. The average Bonchev–Trinajstić information content (AvgIpc) is 2.42. The van der Waals surface area contributed by atoms with Crippen molar-refractivity contribution in [2.45, 2.75) is 19.3 Å². The lowest BCUT2D eigenvalue weighted by atomic mass is 10.1. The number of benzene rings is 1. The predicted octanol–water partition coefficient (Wildman–Crippen LogP) is 1.81. The molecular formula is C13H21N3O2. The number of oxime groups is 1. The quantitative estimate of drug-likeness (QED) is 0.216. The molecule has 18 heavy (non-hydrogen) atoms. The summed E-state index contributed by atoms with van der Waals surface area (Å²) in [5.41, 5.74) is 7.76. The van der Waals surface area contributed by atoms with Gasteiger partial charge in [0.1, 0.15) is 5.84 Å². The number of nitrogens with zero attached hydrogens (tertiary/aromatic N) is 1. The number of anilines is 1. The van der Waals surface area contributed by atoms with Crippen molar-refractivity contribution in [3.63, 3.8) is 0 Å². The molecule has 0 aliphatic carbocycles. The molecule has 0 aliphatic rings. The molecule has 1 aromatic carbocycles. The average molecular weight is 251 g/mol. The number of hydrogen-bond donors (Lipinski definition) is 3. The van der Waals surface area contributed by atoms with Crippen molar-refractivity contribution >= 4 is 11.5 Å². The van der Waals surface area contributed by atoms with Crippen LogP contribution in [0.2, 0.25) is 0 Å². The van der Waals surface area contributed by atoms with Gasteiger partial charge in [0, 0.05) is 25.8 Å². The molecule has 5 nitrogen and oxygen atoms in total. The normalized spacial score (nSPS) is 11.5. The van der Waals surface area contributed by atoms with Crippen molar-refractivity contribution in [1.82, 2.24) is 0 Å². The molecule has 0 heterocycles. The second-order valence-corrected chi connectivity index (χ2v) is 4.02. The van der Waals surface area contributed by atoms with Crippen LogP contribution in [0.4, 0.5) is 5.69 Å². The second-order valence-electron chi connectivity index (χ2n) is 4.02. The number of para-hydroxylation sites is 1. The third-order valence-corrected chi connectivity index (χ3v) is 2.65. The number of nitrogens with one attached hydrogen (secondary N) is 1. The Morgan fingerprint density at radius 2 is 2.22 bits per heavy atom. The number of nitrogens with two attached hydrogens (primary N) is 1. The summed E-state index contributed by atoms with van der Waals surface area (Å²) in [6, 6.07) is 8.16. The maximum absolute atomic E-state index is 8.42. The third-order valence-electron chi connectivity index (χ3n) is 2.65. The standard InChI is InChI=1S/C13H21N3O2/c1-18-10-8-11-5-2-3-6-12(11)15-9-4-7-13(14)16-17/h2-3,5-6,15,17H,4,7-10H2,1H3,(H2,14,16). The van der Waals surface area contributed by atoms with Gasteiger partial charge in [-0.2, -0.15) is 0 Å². The van der Waals surface area contributed by atoms with E-state index in [1.807, 2.05) is 12.1 Å². The van der Waals surface area contributed by atoms with Crippen LogP contribution in [0.25, 0.3) is 0 Å². The minimum absolute atomic E-state index is 0.268. The monoisotopic (exact) mass is 251 g/mol. The topological polar surface area (TPSA) is 79.9 Å². The summed E-state index contributed by atoms with van der Waals surface area (Å²) in [6.07, 6.45) is 2.30. The first-order valence-electron chi connectivity index (χ1n) is 6.05. The van der Waals surface area contributed by atoms with Crippen LogP contribution in [0, 0.1) is 0 Å². The van der Waals surface area contributed by atoms with Crippen molar-refractivity contribution in [1.29, 1.82) is 0 Å². The van der Waals surface area contributed by atoms with Gasteiger partial charge in [-0.25, -0.2) is 0 Å². The molecule has 1 rings (SSSR count). The molecule has 5 heteroatoms. The Morgan fingerprint density at radius 3 is 2.94 bits per heavy atom. The molecular weight excluding hydrogens is 230 g/mol. The number of ether oxygens (including phenoxy) is 1. The van der Waals surface area contributed by atoms with E-state index in [0.717, 1.165) is 25.1 Å². The molecule has 0 amide bonds. The summed E-state index contributed by atoms with van der Waals surface area (Å²) in [5.74, 6) is 0.268. The van der Waals surface area contributed by atoms with Crippen LogP contribution in [-0.2, 0) is 11.2 Å². The summed E-state index contributed by atoms with van der Waals surface area (Å²) in [4.78, 5) is 0. The third kappa shape index (κ3) is 5.05. The zero-order valence-corrected chi connectivity index (χ0v) is 10.7. The van der Waals surface area contributed by atoms with Gasteiger partial charge in [0.2, 0.25) is 0 Å². The molecule has 0 unspecified atom stereocenters. The molecule has 0 atom stereocenters. The highest BCUT2D eigenvalue weighted by Crippen LogP contribution is 2.15. The van der Waals surface area contributed by atoms with E-state index in [4.69, 9.17) is 15.7 Å². The number of methoxy groups -OCH3 is 1. The van der Waals surface area contributed by atoms with E-state index < -0.39 is 0 Å². The predicted molar refractivity (Wildman–Crippen MR) is 73.2 cm³/mol. The van der Waals surface area contributed by atoms with E-state index in [2.05, 4.69) is 22.6 Å². The Kier molecular flexibility index (Phi) is 6.64. The van der Waals surface area contributed by atoms with E-state index >= 15 is 0 Å². The van der Waals surface area contributed by atoms with Crippen LogP contribution in [0.5, 0.6) is 0 Å². The zero-order valence-electron chi connectivity index (χ0n) is 10.7. The Hall–Kier alpha value is -1.75. The van der Waals surface area contributed by atoms with Gasteiger partial charge in [-0.3, -0.25) is 0 Å². The van der Waals surface area contributed by atoms with Gasteiger partial charge < -0.3 is 21.0 Å². The summed E-state index contributed by atoms with van der Waals surface area (Å²) < 4.78 is 5.08. The minimum Gasteiger partial charge on any atom is -0.409 e. The van der Waals surface area contributed by atoms with Gasteiger partial charge in [0.15, 0.2) is 0 Å². The second kappa shape index (κ2) is 8.36. The van der Waals surface area contributed by atoms with Crippen molar-refractivity contribution in [2.75, 3.05) is 25.6 Å². The Morgan fingerprint density at radius 1 is 1.44 bits per heavy atom. The first-order chi connectivity index (χ1) is 8.77. The number of amidine groups is 1. The number of hydrogen-bond acceptors (Lipinski definition) is 4. The van der Waals surface area contributed by atoms with E-state index in [1.54, 1.807) is 7.11 Å². The molecule has 0 radical (unpaired) electrons. The van der Waals surface area contributed by atoms with Crippen LogP contribution in [-0.4, -0.2) is 31.3 Å². The van der Waals surface area contributed by atoms with Crippen molar-refractivity contribution < 1.29 is 9.94 Å². The van der Waals surface area contributed by atoms with Gasteiger partial charge in [0.25, 0.3) is 0 Å². The molecule has 100 valence electrons. The van der Waals surface area contributed by atoms with Crippen LogP contribution in [0.1, 0.15) is 18.4 Å². The Balaban J connectivity index is 2.41. The van der Waals surface area contributed by atoms with Gasteiger partial charge >= 0.3 is 0 Å². The van der Waals surface area contributed by atoms with E-state index in [9.17, 15) is 0 Å². The summed E-state index contributed by atoms with van der Waals surface area (Å²) in [7, 11) is 1.70. The maximum atomic E-state index is 8.42. The summed E-state index contributed by atoms with van der Waals surface area (Å²) in [5, 5.41) is 14.7. The SMILES string of the molecule is COCCc1ccccc1NCCC/C(N)=N/O. The first kappa shape index (κ1) is 14.3. The van der Waals surface area contributed by atoms with Crippen LogP contribution >= 0.6 is 0 Å². The van der Waals surface area contributed by atoms with E-state index in [0.29, 0.717) is 13.0 Å². The van der Waals surface area contributed by atoms with Gasteiger partial charge in [0.05, 0.1) is 6.61 Å². The number of rotatable bonds is 8. The molecule has 0 bridgehead atoms.